The van der Waals surface area contributed by atoms with E-state index in [0.717, 1.165) is 18.7 Å². The number of carbonyl (C=O) groups is 3. The van der Waals surface area contributed by atoms with Crippen molar-refractivity contribution < 1.29 is 19.1 Å². The van der Waals surface area contributed by atoms with Gasteiger partial charge >= 0.3 is 0 Å². The maximum Gasteiger partial charge on any atom is 0.251 e. The SMILES string of the molecule is COc1cc(C(=O)N[C@H]2CCC(=O)NC2)ccc1Nc1ncc2c(n1)N(C1CCCC1)CCC(=O)N2C. The van der Waals surface area contributed by atoms with Gasteiger partial charge in [0.2, 0.25) is 17.8 Å². The summed E-state index contributed by atoms with van der Waals surface area (Å²) in [4.78, 5) is 49.9. The van der Waals surface area contributed by atoms with Crippen molar-refractivity contribution in [2.75, 3.05) is 42.4 Å². The van der Waals surface area contributed by atoms with E-state index in [9.17, 15) is 14.4 Å². The third-order valence-electron chi connectivity index (χ3n) is 7.40. The minimum absolute atomic E-state index is 0.00669. The lowest BCUT2D eigenvalue weighted by atomic mass is 10.1. The van der Waals surface area contributed by atoms with Crippen LogP contribution in [0.5, 0.6) is 5.75 Å². The van der Waals surface area contributed by atoms with Crippen molar-refractivity contribution in [2.45, 2.75) is 57.0 Å². The number of piperidine rings is 1. The molecule has 3 amide bonds. The molecule has 1 saturated heterocycles. The van der Waals surface area contributed by atoms with Gasteiger partial charge in [-0.25, -0.2) is 4.98 Å². The number of nitrogens with zero attached hydrogens (tertiary/aromatic N) is 4. The molecule has 2 fully saturated rings. The number of rotatable bonds is 6. The molecule has 3 aliphatic rings. The van der Waals surface area contributed by atoms with Gasteiger partial charge in [-0.1, -0.05) is 12.8 Å². The van der Waals surface area contributed by atoms with Crippen LogP contribution >= 0.6 is 0 Å². The van der Waals surface area contributed by atoms with E-state index in [2.05, 4.69) is 25.8 Å². The van der Waals surface area contributed by atoms with E-state index in [1.165, 1.54) is 12.8 Å². The van der Waals surface area contributed by atoms with E-state index in [-0.39, 0.29) is 23.8 Å². The van der Waals surface area contributed by atoms with E-state index in [1.54, 1.807) is 43.5 Å². The lowest BCUT2D eigenvalue weighted by Gasteiger charge is -2.30. The molecular weight excluding hydrogens is 474 g/mol. The summed E-state index contributed by atoms with van der Waals surface area (Å²) in [7, 11) is 3.31. The Morgan fingerprint density at radius 1 is 1.16 bits per heavy atom. The molecule has 1 aromatic carbocycles. The van der Waals surface area contributed by atoms with Crippen LogP contribution in [-0.4, -0.2) is 67.0 Å². The first kappa shape index (κ1) is 24.8. The molecule has 11 heteroatoms. The number of hydrogen-bond acceptors (Lipinski definition) is 8. The summed E-state index contributed by atoms with van der Waals surface area (Å²) in [5.41, 5.74) is 1.78. The van der Waals surface area contributed by atoms with Crippen LogP contribution in [0.25, 0.3) is 0 Å². The Labute approximate surface area is 216 Å². The van der Waals surface area contributed by atoms with Gasteiger partial charge in [0.05, 0.1) is 19.0 Å². The largest absolute Gasteiger partial charge is 0.495 e. The van der Waals surface area contributed by atoms with Gasteiger partial charge in [-0.15, -0.1) is 0 Å². The Bertz CT molecular complexity index is 1190. The van der Waals surface area contributed by atoms with Crippen molar-refractivity contribution in [3.63, 3.8) is 0 Å². The van der Waals surface area contributed by atoms with E-state index >= 15 is 0 Å². The number of anilines is 4. The fourth-order valence-corrected chi connectivity index (χ4v) is 5.25. The van der Waals surface area contributed by atoms with Crippen LogP contribution in [0.1, 0.15) is 55.3 Å². The first-order valence-electron chi connectivity index (χ1n) is 12.9. The molecule has 2 aromatic rings. The Morgan fingerprint density at radius 2 is 1.97 bits per heavy atom. The van der Waals surface area contributed by atoms with Crippen LogP contribution in [0.3, 0.4) is 0 Å². The van der Waals surface area contributed by atoms with Gasteiger partial charge < -0.3 is 30.5 Å². The summed E-state index contributed by atoms with van der Waals surface area (Å²) < 4.78 is 5.56. The molecule has 3 heterocycles. The Hall–Kier alpha value is -3.89. The van der Waals surface area contributed by atoms with Gasteiger partial charge in [0.25, 0.3) is 5.91 Å². The second kappa shape index (κ2) is 10.6. The van der Waals surface area contributed by atoms with Crippen molar-refractivity contribution in [3.05, 3.63) is 30.0 Å². The predicted molar refractivity (Wildman–Crippen MR) is 139 cm³/mol. The van der Waals surface area contributed by atoms with Crippen LogP contribution in [0.2, 0.25) is 0 Å². The molecule has 1 atom stereocenters. The molecule has 1 aromatic heterocycles. The summed E-state index contributed by atoms with van der Waals surface area (Å²) in [6.45, 7) is 1.06. The second-order valence-corrected chi connectivity index (χ2v) is 9.79. The average molecular weight is 508 g/mol. The van der Waals surface area contributed by atoms with Gasteiger partial charge in [-0.05, 0) is 37.5 Å². The lowest BCUT2D eigenvalue weighted by Crippen LogP contribution is -2.47. The smallest absolute Gasteiger partial charge is 0.251 e. The fourth-order valence-electron chi connectivity index (χ4n) is 5.25. The number of fused-ring (bicyclic) bond motifs is 1. The molecule has 0 spiro atoms. The number of aromatic nitrogens is 2. The molecule has 37 heavy (non-hydrogen) atoms. The normalized spacial score (nSPS) is 20.2. The topological polar surface area (TPSA) is 129 Å². The number of benzene rings is 1. The fraction of sp³-hybridized carbons (Fsp3) is 0.500. The summed E-state index contributed by atoms with van der Waals surface area (Å²) >= 11 is 0. The molecule has 1 saturated carbocycles. The molecule has 11 nitrogen and oxygen atoms in total. The van der Waals surface area contributed by atoms with Crippen molar-refractivity contribution >= 4 is 40.9 Å². The Kier molecular flexibility index (Phi) is 7.11. The summed E-state index contributed by atoms with van der Waals surface area (Å²) in [5, 5.41) is 8.96. The summed E-state index contributed by atoms with van der Waals surface area (Å²) in [6, 6.07) is 5.40. The van der Waals surface area contributed by atoms with Crippen LogP contribution in [0, 0.1) is 0 Å². The zero-order valence-electron chi connectivity index (χ0n) is 21.2. The molecule has 0 bridgehead atoms. The summed E-state index contributed by atoms with van der Waals surface area (Å²) in [5.74, 6) is 1.45. The van der Waals surface area contributed by atoms with Crippen molar-refractivity contribution in [3.8, 4) is 5.75 Å². The number of carbonyl (C=O) groups excluding carboxylic acids is 3. The monoisotopic (exact) mass is 507 g/mol. The van der Waals surface area contributed by atoms with Crippen LogP contribution < -0.4 is 30.5 Å². The standard InChI is InChI=1S/C26H33N7O4/c1-32-20-15-28-26(31-24(20)33(12-11-23(32)35)18-5-3-4-6-18)30-19-9-7-16(13-21(19)37-2)25(36)29-17-8-10-22(34)27-14-17/h7,9,13,15,17-18H,3-6,8,10-12,14H2,1-2H3,(H,27,34)(H,29,36)(H,28,30,31)/t17-/m0/s1. The maximum absolute atomic E-state index is 12.8. The van der Waals surface area contributed by atoms with Crippen LogP contribution in [0.15, 0.2) is 24.4 Å². The van der Waals surface area contributed by atoms with Gasteiger partial charge in [0.1, 0.15) is 11.4 Å². The number of hydrogen-bond donors (Lipinski definition) is 3. The highest BCUT2D eigenvalue weighted by atomic mass is 16.5. The zero-order chi connectivity index (χ0) is 25.9. The first-order chi connectivity index (χ1) is 17.9. The third kappa shape index (κ3) is 5.30. The van der Waals surface area contributed by atoms with Crippen molar-refractivity contribution in [1.82, 2.24) is 20.6 Å². The van der Waals surface area contributed by atoms with E-state index in [1.807, 2.05) is 0 Å². The number of nitrogens with one attached hydrogen (secondary N) is 3. The molecule has 2 aliphatic heterocycles. The average Bonchev–Trinajstić information content (AvgIpc) is 3.41. The van der Waals surface area contributed by atoms with Gasteiger partial charge in [0.15, 0.2) is 5.82 Å². The Balaban J connectivity index is 1.36. The minimum atomic E-state index is -0.229. The molecule has 5 rings (SSSR count). The number of methoxy groups -OCH3 is 1. The molecule has 0 unspecified atom stereocenters. The highest BCUT2D eigenvalue weighted by molar-refractivity contribution is 5.97. The molecular formula is C26H33N7O4. The van der Waals surface area contributed by atoms with Gasteiger partial charge in [-0.2, -0.15) is 4.98 Å². The van der Waals surface area contributed by atoms with E-state index < -0.39 is 0 Å². The third-order valence-corrected chi connectivity index (χ3v) is 7.40. The van der Waals surface area contributed by atoms with Gasteiger partial charge in [0, 0.05) is 50.6 Å². The zero-order valence-corrected chi connectivity index (χ0v) is 21.2. The first-order valence-corrected chi connectivity index (χ1v) is 12.9. The molecule has 3 N–H and O–H groups in total. The van der Waals surface area contributed by atoms with Crippen molar-refractivity contribution in [1.29, 1.82) is 0 Å². The predicted octanol–water partition coefficient (Wildman–Crippen LogP) is 2.35. The quantitative estimate of drug-likeness (QED) is 0.544. The van der Waals surface area contributed by atoms with E-state index in [4.69, 9.17) is 9.72 Å². The second-order valence-electron chi connectivity index (χ2n) is 9.79. The Morgan fingerprint density at radius 3 is 2.70 bits per heavy atom. The van der Waals surface area contributed by atoms with Crippen LogP contribution in [0.4, 0.5) is 23.1 Å². The number of amides is 3. The highest BCUT2D eigenvalue weighted by Crippen LogP contribution is 2.37. The van der Waals surface area contributed by atoms with E-state index in [0.29, 0.717) is 67.0 Å². The minimum Gasteiger partial charge on any atom is -0.495 e. The van der Waals surface area contributed by atoms with Crippen LogP contribution in [-0.2, 0) is 9.59 Å². The molecule has 1 aliphatic carbocycles. The summed E-state index contributed by atoms with van der Waals surface area (Å²) in [6.07, 6.45) is 7.70. The lowest BCUT2D eigenvalue weighted by molar-refractivity contribution is -0.122. The molecule has 196 valence electrons. The number of ether oxygens (including phenoxy) is 1. The maximum atomic E-state index is 12.8. The van der Waals surface area contributed by atoms with Crippen molar-refractivity contribution in [2.24, 2.45) is 0 Å². The highest BCUT2D eigenvalue weighted by Gasteiger charge is 2.31. The molecule has 0 radical (unpaired) electrons. The van der Waals surface area contributed by atoms with Gasteiger partial charge in [-0.3, -0.25) is 14.4 Å².